The molecule has 5 heteroatoms. The van der Waals surface area contributed by atoms with Crippen LogP contribution in [0.2, 0.25) is 0 Å². The maximum absolute atomic E-state index is 11.7. The molecule has 0 fully saturated rings. The summed E-state index contributed by atoms with van der Waals surface area (Å²) in [6.45, 7) is 2.58. The Bertz CT molecular complexity index is 617. The molecular weight excluding hydrogens is 284 g/mol. The minimum absolute atomic E-state index is 0.0544. The number of nitrogens with zero attached hydrogens (tertiary/aromatic N) is 1. The number of aliphatic hydroxyl groups excluding tert-OH is 1. The van der Waals surface area contributed by atoms with Gasteiger partial charge in [-0.05, 0) is 30.5 Å². The number of amides is 1. The summed E-state index contributed by atoms with van der Waals surface area (Å²) in [4.78, 5) is 16.8. The summed E-state index contributed by atoms with van der Waals surface area (Å²) in [7, 11) is 0. The van der Waals surface area contributed by atoms with Crippen molar-refractivity contribution in [2.45, 2.75) is 20.0 Å². The number of aromatic nitrogens is 1. The first-order chi connectivity index (χ1) is 10.2. The van der Waals surface area contributed by atoms with E-state index in [9.17, 15) is 4.79 Å². The molecular formula is C16H18N2O2S. The van der Waals surface area contributed by atoms with Crippen LogP contribution < -0.4 is 5.32 Å². The van der Waals surface area contributed by atoms with Gasteiger partial charge in [0.15, 0.2) is 0 Å². The highest BCUT2D eigenvalue weighted by atomic mass is 32.1. The summed E-state index contributed by atoms with van der Waals surface area (Å²) >= 11 is 1.56. The molecule has 0 aliphatic rings. The van der Waals surface area contributed by atoms with Crippen molar-refractivity contribution in [2.24, 2.45) is 0 Å². The van der Waals surface area contributed by atoms with Crippen LogP contribution in [0.1, 0.15) is 21.0 Å². The van der Waals surface area contributed by atoms with Gasteiger partial charge >= 0.3 is 0 Å². The third kappa shape index (κ3) is 5.13. The van der Waals surface area contributed by atoms with Gasteiger partial charge in [0.25, 0.3) is 0 Å². The van der Waals surface area contributed by atoms with Crippen LogP contribution in [0.4, 0.5) is 0 Å². The van der Waals surface area contributed by atoms with Crippen molar-refractivity contribution in [2.75, 3.05) is 6.54 Å². The summed E-state index contributed by atoms with van der Waals surface area (Å²) in [6.07, 6.45) is 5.83. The molecule has 0 saturated heterocycles. The number of thiazole rings is 1. The van der Waals surface area contributed by atoms with E-state index >= 15 is 0 Å². The van der Waals surface area contributed by atoms with E-state index in [1.54, 1.807) is 23.6 Å². The fourth-order valence-corrected chi connectivity index (χ4v) is 2.50. The van der Waals surface area contributed by atoms with Crippen LogP contribution in [0.25, 0.3) is 6.08 Å². The minimum Gasteiger partial charge on any atom is -0.392 e. The van der Waals surface area contributed by atoms with E-state index < -0.39 is 0 Å². The van der Waals surface area contributed by atoms with Gasteiger partial charge in [-0.15, -0.1) is 11.3 Å². The van der Waals surface area contributed by atoms with Crippen LogP contribution in [-0.2, 0) is 17.8 Å². The first kappa shape index (κ1) is 15.4. The van der Waals surface area contributed by atoms with E-state index in [4.69, 9.17) is 5.11 Å². The van der Waals surface area contributed by atoms with Gasteiger partial charge < -0.3 is 10.4 Å². The summed E-state index contributed by atoms with van der Waals surface area (Å²) < 4.78 is 0. The molecule has 0 atom stereocenters. The number of rotatable bonds is 6. The van der Waals surface area contributed by atoms with Crippen molar-refractivity contribution in [3.05, 3.63) is 57.6 Å². The normalized spacial score (nSPS) is 11.0. The van der Waals surface area contributed by atoms with Crippen molar-refractivity contribution in [3.63, 3.8) is 0 Å². The van der Waals surface area contributed by atoms with Crippen molar-refractivity contribution in [3.8, 4) is 0 Å². The lowest BCUT2D eigenvalue weighted by atomic mass is 10.1. The first-order valence-electron chi connectivity index (χ1n) is 6.74. The molecule has 1 amide bonds. The number of carbonyl (C=O) groups is 1. The van der Waals surface area contributed by atoms with Crippen molar-refractivity contribution in [1.29, 1.82) is 0 Å². The Morgan fingerprint density at radius 3 is 2.67 bits per heavy atom. The van der Waals surface area contributed by atoms with Crippen molar-refractivity contribution in [1.82, 2.24) is 10.3 Å². The SMILES string of the molecule is Cc1ncc(/C=C/C(=O)NCCc2ccc(CO)cc2)s1. The summed E-state index contributed by atoms with van der Waals surface area (Å²) in [5.41, 5.74) is 2.03. The van der Waals surface area contributed by atoms with Gasteiger partial charge in [-0.3, -0.25) is 4.79 Å². The molecule has 2 aromatic rings. The number of benzene rings is 1. The molecule has 1 aromatic heterocycles. The second kappa shape index (κ2) is 7.71. The van der Waals surface area contributed by atoms with Crippen LogP contribution in [0.5, 0.6) is 0 Å². The van der Waals surface area contributed by atoms with Crippen molar-refractivity contribution >= 4 is 23.3 Å². The van der Waals surface area contributed by atoms with Gasteiger partial charge in [0.05, 0.1) is 11.6 Å². The first-order valence-corrected chi connectivity index (χ1v) is 7.56. The zero-order valence-corrected chi connectivity index (χ0v) is 12.7. The zero-order valence-electron chi connectivity index (χ0n) is 11.9. The highest BCUT2D eigenvalue weighted by Crippen LogP contribution is 2.12. The van der Waals surface area contributed by atoms with E-state index in [0.29, 0.717) is 6.54 Å². The second-order valence-corrected chi connectivity index (χ2v) is 5.90. The molecule has 0 saturated carbocycles. The summed E-state index contributed by atoms with van der Waals surface area (Å²) in [5, 5.41) is 12.8. The van der Waals surface area contributed by atoms with Gasteiger partial charge in [0.2, 0.25) is 5.91 Å². The predicted molar refractivity (Wildman–Crippen MR) is 85.0 cm³/mol. The number of nitrogens with one attached hydrogen (secondary N) is 1. The Kier molecular flexibility index (Phi) is 5.66. The standard InChI is InChI=1S/C16H18N2O2S/c1-12-18-10-15(21-12)6-7-16(20)17-9-8-13-2-4-14(11-19)5-3-13/h2-7,10,19H,8-9,11H2,1H3,(H,17,20)/b7-6+. The van der Waals surface area contributed by atoms with Gasteiger partial charge in [0.1, 0.15) is 0 Å². The molecule has 21 heavy (non-hydrogen) atoms. The zero-order chi connectivity index (χ0) is 15.1. The Labute approximate surface area is 128 Å². The molecule has 4 nitrogen and oxygen atoms in total. The molecule has 0 aliphatic carbocycles. The fourth-order valence-electron chi connectivity index (χ4n) is 1.81. The molecule has 110 valence electrons. The largest absolute Gasteiger partial charge is 0.392 e. The van der Waals surface area contributed by atoms with Crippen LogP contribution in [-0.4, -0.2) is 22.5 Å². The lowest BCUT2D eigenvalue weighted by Crippen LogP contribution is -2.23. The van der Waals surface area contributed by atoms with Crippen LogP contribution in [0.15, 0.2) is 36.5 Å². The molecule has 1 aromatic carbocycles. The highest BCUT2D eigenvalue weighted by molar-refractivity contribution is 7.12. The van der Waals surface area contributed by atoms with Crippen LogP contribution in [0.3, 0.4) is 0 Å². The molecule has 0 radical (unpaired) electrons. The number of aliphatic hydroxyl groups is 1. The highest BCUT2D eigenvalue weighted by Gasteiger charge is 1.98. The molecule has 2 rings (SSSR count). The molecule has 0 unspecified atom stereocenters. The summed E-state index contributed by atoms with van der Waals surface area (Å²) in [6, 6.07) is 7.72. The third-order valence-corrected chi connectivity index (χ3v) is 3.83. The lowest BCUT2D eigenvalue weighted by Gasteiger charge is -2.03. The van der Waals surface area contributed by atoms with Gasteiger partial charge in [-0.1, -0.05) is 24.3 Å². The number of hydrogen-bond donors (Lipinski definition) is 2. The number of carbonyl (C=O) groups excluding carboxylic acids is 1. The Morgan fingerprint density at radius 2 is 2.05 bits per heavy atom. The van der Waals surface area contributed by atoms with Crippen LogP contribution >= 0.6 is 11.3 Å². The second-order valence-electron chi connectivity index (χ2n) is 4.63. The van der Waals surface area contributed by atoms with E-state index in [1.807, 2.05) is 31.2 Å². The minimum atomic E-state index is -0.104. The monoisotopic (exact) mass is 302 g/mol. The predicted octanol–water partition coefficient (Wildman–Crippen LogP) is 2.32. The van der Waals surface area contributed by atoms with E-state index in [2.05, 4.69) is 10.3 Å². The average Bonchev–Trinajstić information content (AvgIpc) is 2.91. The fraction of sp³-hybridized carbons (Fsp3) is 0.250. The van der Waals surface area contributed by atoms with Gasteiger partial charge in [-0.2, -0.15) is 0 Å². The Morgan fingerprint density at radius 1 is 1.33 bits per heavy atom. The average molecular weight is 302 g/mol. The van der Waals surface area contributed by atoms with E-state index in [-0.39, 0.29) is 12.5 Å². The molecule has 1 heterocycles. The Balaban J connectivity index is 1.74. The van der Waals surface area contributed by atoms with Crippen LogP contribution in [0, 0.1) is 6.92 Å². The maximum atomic E-state index is 11.7. The number of aryl methyl sites for hydroxylation is 1. The molecule has 0 bridgehead atoms. The van der Waals surface area contributed by atoms with E-state index in [1.165, 1.54) is 6.08 Å². The number of hydrogen-bond acceptors (Lipinski definition) is 4. The van der Waals surface area contributed by atoms with Gasteiger partial charge in [-0.25, -0.2) is 4.98 Å². The third-order valence-electron chi connectivity index (χ3n) is 2.96. The maximum Gasteiger partial charge on any atom is 0.244 e. The van der Waals surface area contributed by atoms with E-state index in [0.717, 1.165) is 27.4 Å². The molecule has 2 N–H and O–H groups in total. The summed E-state index contributed by atoms with van der Waals surface area (Å²) in [5.74, 6) is -0.104. The quantitative estimate of drug-likeness (QED) is 0.805. The topological polar surface area (TPSA) is 62.2 Å². The van der Waals surface area contributed by atoms with Gasteiger partial charge in [0, 0.05) is 23.7 Å². The van der Waals surface area contributed by atoms with Crippen molar-refractivity contribution < 1.29 is 9.90 Å². The smallest absolute Gasteiger partial charge is 0.244 e. The Hall–Kier alpha value is -1.98. The lowest BCUT2D eigenvalue weighted by molar-refractivity contribution is -0.116. The molecule has 0 aliphatic heterocycles. The molecule has 0 spiro atoms.